The van der Waals surface area contributed by atoms with Gasteiger partial charge in [-0.2, -0.15) is 0 Å². The first-order valence-electron chi connectivity index (χ1n) is 8.35. The zero-order chi connectivity index (χ0) is 17.6. The minimum Gasteiger partial charge on any atom is -0.494 e. The van der Waals surface area contributed by atoms with Crippen LogP contribution in [0, 0.1) is 0 Å². The molecule has 5 heteroatoms. The molecule has 3 rings (SSSR count). The van der Waals surface area contributed by atoms with E-state index >= 15 is 0 Å². The van der Waals surface area contributed by atoms with Gasteiger partial charge in [0.25, 0.3) is 0 Å². The molecule has 3 aromatic carbocycles. The van der Waals surface area contributed by atoms with Crippen LogP contribution in [-0.4, -0.2) is 17.7 Å². The summed E-state index contributed by atoms with van der Waals surface area (Å²) in [6, 6.07) is 19.3. The summed E-state index contributed by atoms with van der Waals surface area (Å²) in [6.07, 6.45) is 0. The molecular weight excluding hydrogens is 350 g/mol. The minimum absolute atomic E-state index is 0. The minimum atomic E-state index is -0.906. The van der Waals surface area contributed by atoms with E-state index in [1.54, 1.807) is 12.1 Å². The molecule has 0 fully saturated rings. The maximum absolute atomic E-state index is 10.9. The third-order valence-electron chi connectivity index (χ3n) is 4.13. The van der Waals surface area contributed by atoms with Gasteiger partial charge in [0.05, 0.1) is 12.2 Å². The Morgan fingerprint density at radius 2 is 1.73 bits per heavy atom. The van der Waals surface area contributed by atoms with Crippen molar-refractivity contribution in [2.24, 2.45) is 0 Å². The molecule has 0 atom stereocenters. The molecule has 0 aliphatic rings. The van der Waals surface area contributed by atoms with Crippen molar-refractivity contribution in [2.75, 3.05) is 6.61 Å². The van der Waals surface area contributed by atoms with Crippen LogP contribution in [-0.2, 0) is 13.1 Å². The van der Waals surface area contributed by atoms with E-state index in [9.17, 15) is 4.79 Å². The molecule has 0 amide bonds. The van der Waals surface area contributed by atoms with Gasteiger partial charge in [-0.15, -0.1) is 12.4 Å². The standard InChI is InChI=1S/C21H21NO3.ClH/c1-2-25-20-12-11-16-5-3-4-6-18(16)19(20)14-22-13-15-7-9-17(10-8-15)21(23)24;/h3-12,22H,2,13-14H2,1H3,(H,23,24);1H. The Hall–Kier alpha value is -2.56. The molecular formula is C21H22ClNO3. The number of carbonyl (C=O) groups is 1. The van der Waals surface area contributed by atoms with Crippen LogP contribution < -0.4 is 10.1 Å². The van der Waals surface area contributed by atoms with Crippen LogP contribution in [0.1, 0.15) is 28.4 Å². The van der Waals surface area contributed by atoms with Crippen molar-refractivity contribution in [1.82, 2.24) is 5.32 Å². The van der Waals surface area contributed by atoms with Gasteiger partial charge in [0.15, 0.2) is 0 Å². The zero-order valence-electron chi connectivity index (χ0n) is 14.6. The van der Waals surface area contributed by atoms with E-state index in [1.165, 1.54) is 10.8 Å². The highest BCUT2D eigenvalue weighted by atomic mass is 35.5. The fraction of sp³-hybridized carbons (Fsp3) is 0.190. The highest BCUT2D eigenvalue weighted by molar-refractivity contribution is 5.88. The number of carboxylic acids is 1. The number of rotatable bonds is 7. The molecule has 2 N–H and O–H groups in total. The molecule has 26 heavy (non-hydrogen) atoms. The Balaban J connectivity index is 0.00000243. The maximum Gasteiger partial charge on any atom is 0.335 e. The van der Waals surface area contributed by atoms with Crippen LogP contribution in [0.4, 0.5) is 0 Å². The Labute approximate surface area is 159 Å². The number of fused-ring (bicyclic) bond motifs is 1. The van der Waals surface area contributed by atoms with Crippen LogP contribution >= 0.6 is 12.4 Å². The molecule has 0 spiro atoms. The normalized spacial score (nSPS) is 10.3. The lowest BCUT2D eigenvalue weighted by Crippen LogP contribution is -2.14. The van der Waals surface area contributed by atoms with Crippen molar-refractivity contribution < 1.29 is 14.6 Å². The predicted octanol–water partition coefficient (Wildman–Crippen LogP) is 4.65. The summed E-state index contributed by atoms with van der Waals surface area (Å²) >= 11 is 0. The molecule has 0 heterocycles. The fourth-order valence-corrected chi connectivity index (χ4v) is 2.89. The van der Waals surface area contributed by atoms with Crippen molar-refractivity contribution >= 4 is 29.1 Å². The lowest BCUT2D eigenvalue weighted by atomic mass is 10.0. The smallest absolute Gasteiger partial charge is 0.335 e. The Morgan fingerprint density at radius 1 is 1.00 bits per heavy atom. The average Bonchev–Trinajstić information content (AvgIpc) is 2.64. The van der Waals surface area contributed by atoms with Crippen molar-refractivity contribution in [2.45, 2.75) is 20.0 Å². The third-order valence-corrected chi connectivity index (χ3v) is 4.13. The number of hydrogen-bond donors (Lipinski definition) is 2. The van der Waals surface area contributed by atoms with E-state index in [0.29, 0.717) is 25.3 Å². The summed E-state index contributed by atoms with van der Waals surface area (Å²) in [7, 11) is 0. The van der Waals surface area contributed by atoms with E-state index in [0.717, 1.165) is 16.9 Å². The monoisotopic (exact) mass is 371 g/mol. The Morgan fingerprint density at radius 3 is 2.42 bits per heavy atom. The summed E-state index contributed by atoms with van der Waals surface area (Å²) in [5.74, 6) is -0.00783. The van der Waals surface area contributed by atoms with Crippen molar-refractivity contribution in [1.29, 1.82) is 0 Å². The highest BCUT2D eigenvalue weighted by Crippen LogP contribution is 2.28. The zero-order valence-corrected chi connectivity index (χ0v) is 15.4. The molecule has 0 unspecified atom stereocenters. The first kappa shape index (κ1) is 19.8. The van der Waals surface area contributed by atoms with Gasteiger partial charge in [-0.3, -0.25) is 0 Å². The van der Waals surface area contributed by atoms with Crippen molar-refractivity contribution in [3.05, 3.63) is 77.4 Å². The molecule has 0 saturated heterocycles. The number of carboxylic acid groups (broad SMARTS) is 1. The molecule has 3 aromatic rings. The van der Waals surface area contributed by atoms with Crippen LogP contribution in [0.2, 0.25) is 0 Å². The molecule has 4 nitrogen and oxygen atoms in total. The number of nitrogens with one attached hydrogen (secondary N) is 1. The molecule has 0 radical (unpaired) electrons. The summed E-state index contributed by atoms with van der Waals surface area (Å²) in [5.41, 5.74) is 2.49. The fourth-order valence-electron chi connectivity index (χ4n) is 2.89. The van der Waals surface area contributed by atoms with E-state index in [-0.39, 0.29) is 12.4 Å². The van der Waals surface area contributed by atoms with Gasteiger partial charge in [-0.05, 0) is 41.5 Å². The molecule has 0 aromatic heterocycles. The molecule has 136 valence electrons. The van der Waals surface area contributed by atoms with Gasteiger partial charge in [-0.25, -0.2) is 4.79 Å². The number of hydrogen-bond acceptors (Lipinski definition) is 3. The van der Waals surface area contributed by atoms with E-state index in [1.807, 2.05) is 37.3 Å². The molecule has 0 bridgehead atoms. The Kier molecular flexibility index (Phi) is 7.01. The van der Waals surface area contributed by atoms with Gasteiger partial charge >= 0.3 is 5.97 Å². The lowest BCUT2D eigenvalue weighted by molar-refractivity contribution is 0.0697. The van der Waals surface area contributed by atoms with Crippen LogP contribution in [0.5, 0.6) is 5.75 Å². The summed E-state index contributed by atoms with van der Waals surface area (Å²) in [6.45, 7) is 3.95. The van der Waals surface area contributed by atoms with E-state index in [4.69, 9.17) is 9.84 Å². The SMILES string of the molecule is CCOc1ccc2ccccc2c1CNCc1ccc(C(=O)O)cc1.Cl. The number of benzene rings is 3. The second-order valence-electron chi connectivity index (χ2n) is 5.80. The van der Waals surface area contributed by atoms with Gasteiger partial charge in [0.1, 0.15) is 5.75 Å². The number of ether oxygens (including phenoxy) is 1. The predicted molar refractivity (Wildman–Crippen MR) is 106 cm³/mol. The topological polar surface area (TPSA) is 58.6 Å². The number of aromatic carboxylic acids is 1. The number of halogens is 1. The largest absolute Gasteiger partial charge is 0.494 e. The third kappa shape index (κ3) is 4.54. The van der Waals surface area contributed by atoms with Gasteiger partial charge in [0.2, 0.25) is 0 Å². The van der Waals surface area contributed by atoms with Gasteiger partial charge in [-0.1, -0.05) is 42.5 Å². The van der Waals surface area contributed by atoms with Gasteiger partial charge in [0, 0.05) is 18.7 Å². The van der Waals surface area contributed by atoms with Crippen LogP contribution in [0.25, 0.3) is 10.8 Å². The van der Waals surface area contributed by atoms with E-state index < -0.39 is 5.97 Å². The van der Waals surface area contributed by atoms with Crippen molar-refractivity contribution in [3.63, 3.8) is 0 Å². The van der Waals surface area contributed by atoms with Crippen LogP contribution in [0.15, 0.2) is 60.7 Å². The average molecular weight is 372 g/mol. The van der Waals surface area contributed by atoms with Crippen LogP contribution in [0.3, 0.4) is 0 Å². The summed E-state index contributed by atoms with van der Waals surface area (Å²) in [4.78, 5) is 10.9. The highest BCUT2D eigenvalue weighted by Gasteiger charge is 2.08. The summed E-state index contributed by atoms with van der Waals surface area (Å²) in [5, 5.41) is 14.8. The first-order valence-corrected chi connectivity index (χ1v) is 8.35. The molecule has 0 saturated carbocycles. The van der Waals surface area contributed by atoms with Crippen molar-refractivity contribution in [3.8, 4) is 5.75 Å². The van der Waals surface area contributed by atoms with E-state index in [2.05, 4.69) is 23.5 Å². The van der Waals surface area contributed by atoms with Gasteiger partial charge < -0.3 is 15.2 Å². The summed E-state index contributed by atoms with van der Waals surface area (Å²) < 4.78 is 5.78. The second-order valence-corrected chi connectivity index (χ2v) is 5.80. The maximum atomic E-state index is 10.9. The second kappa shape index (κ2) is 9.22. The lowest BCUT2D eigenvalue weighted by Gasteiger charge is -2.14. The quantitative estimate of drug-likeness (QED) is 0.634. The molecule has 0 aliphatic carbocycles. The Bertz CT molecular complexity index is 878. The molecule has 0 aliphatic heterocycles. The first-order chi connectivity index (χ1) is 12.2.